The van der Waals surface area contributed by atoms with Gasteiger partial charge < -0.3 is 5.73 Å². The molecule has 104 valence electrons. The molecule has 1 rings (SSSR count). The van der Waals surface area contributed by atoms with Crippen molar-refractivity contribution < 1.29 is 8.42 Å². The second-order valence-electron chi connectivity index (χ2n) is 4.11. The summed E-state index contributed by atoms with van der Waals surface area (Å²) in [6.07, 6.45) is 0.819. The van der Waals surface area contributed by atoms with Gasteiger partial charge in [0.25, 0.3) is 0 Å². The van der Waals surface area contributed by atoms with E-state index in [4.69, 9.17) is 5.73 Å². The second-order valence-corrected chi connectivity index (χ2v) is 6.10. The van der Waals surface area contributed by atoms with Crippen LogP contribution in [0.3, 0.4) is 0 Å². The van der Waals surface area contributed by atoms with Crippen LogP contribution in [0.1, 0.15) is 19.4 Å². The zero-order valence-corrected chi connectivity index (χ0v) is 12.6. The minimum Gasteiger partial charge on any atom is -0.329 e. The van der Waals surface area contributed by atoms with Crippen molar-refractivity contribution in [2.75, 3.05) is 13.6 Å². The van der Waals surface area contributed by atoms with Crippen LogP contribution in [0.15, 0.2) is 29.2 Å². The average Bonchev–Trinajstić information content (AvgIpc) is 2.36. The van der Waals surface area contributed by atoms with Crippen LogP contribution in [0.4, 0.5) is 0 Å². The van der Waals surface area contributed by atoms with E-state index >= 15 is 0 Å². The summed E-state index contributed by atoms with van der Waals surface area (Å²) in [7, 11) is -1.87. The number of nitrogens with zero attached hydrogens (tertiary/aromatic N) is 1. The molecule has 1 unspecified atom stereocenters. The molecule has 0 bridgehead atoms. The predicted octanol–water partition coefficient (Wildman–Crippen LogP) is 1.64. The Bertz CT molecular complexity index is 477. The lowest BCUT2D eigenvalue weighted by Crippen LogP contribution is -2.39. The normalized spacial score (nSPS) is 13.2. The lowest BCUT2D eigenvalue weighted by Gasteiger charge is -2.23. The van der Waals surface area contributed by atoms with Gasteiger partial charge in [-0.3, -0.25) is 0 Å². The summed E-state index contributed by atoms with van der Waals surface area (Å²) in [6.45, 7) is 4.10. The van der Waals surface area contributed by atoms with E-state index in [0.717, 1.165) is 12.0 Å². The highest BCUT2D eigenvalue weighted by molar-refractivity contribution is 7.89. The molecule has 1 aromatic carbocycles. The molecule has 4 nitrogen and oxygen atoms in total. The van der Waals surface area contributed by atoms with E-state index in [9.17, 15) is 8.42 Å². The summed E-state index contributed by atoms with van der Waals surface area (Å²) in [5.41, 5.74) is 6.51. The predicted molar refractivity (Wildman–Crippen MR) is 76.5 cm³/mol. The SMILES string of the molecule is CCc1cccc(S(=O)(=O)N(C)C(C)CN)c1.Cl. The van der Waals surface area contributed by atoms with Crippen LogP contribution in [0.2, 0.25) is 0 Å². The number of benzene rings is 1. The minimum atomic E-state index is -3.43. The van der Waals surface area contributed by atoms with Gasteiger partial charge in [0.05, 0.1) is 4.90 Å². The van der Waals surface area contributed by atoms with Crippen molar-refractivity contribution in [3.63, 3.8) is 0 Å². The Morgan fingerprint density at radius 2 is 2.00 bits per heavy atom. The molecule has 0 spiro atoms. The van der Waals surface area contributed by atoms with Crippen molar-refractivity contribution in [2.24, 2.45) is 5.73 Å². The first-order chi connectivity index (χ1) is 7.93. The van der Waals surface area contributed by atoms with Crippen LogP contribution < -0.4 is 5.73 Å². The van der Waals surface area contributed by atoms with E-state index in [-0.39, 0.29) is 18.4 Å². The highest BCUT2D eigenvalue weighted by Crippen LogP contribution is 2.17. The summed E-state index contributed by atoms with van der Waals surface area (Å²) in [5, 5.41) is 0. The van der Waals surface area contributed by atoms with Crippen LogP contribution in [0, 0.1) is 0 Å². The molecule has 1 aromatic rings. The first-order valence-electron chi connectivity index (χ1n) is 5.70. The smallest absolute Gasteiger partial charge is 0.243 e. The summed E-state index contributed by atoms with van der Waals surface area (Å²) >= 11 is 0. The number of halogens is 1. The Balaban J connectivity index is 0.00000289. The van der Waals surface area contributed by atoms with E-state index in [2.05, 4.69) is 0 Å². The van der Waals surface area contributed by atoms with Crippen molar-refractivity contribution in [3.8, 4) is 0 Å². The van der Waals surface area contributed by atoms with E-state index in [1.807, 2.05) is 13.0 Å². The van der Waals surface area contributed by atoms with Gasteiger partial charge in [0.15, 0.2) is 0 Å². The van der Waals surface area contributed by atoms with E-state index in [1.54, 1.807) is 32.2 Å². The van der Waals surface area contributed by atoms with Crippen molar-refractivity contribution in [1.29, 1.82) is 0 Å². The Morgan fingerprint density at radius 1 is 1.39 bits per heavy atom. The number of aryl methyl sites for hydroxylation is 1. The quantitative estimate of drug-likeness (QED) is 0.897. The molecule has 18 heavy (non-hydrogen) atoms. The zero-order chi connectivity index (χ0) is 13.1. The molecule has 6 heteroatoms. The van der Waals surface area contributed by atoms with Gasteiger partial charge in [-0.15, -0.1) is 12.4 Å². The molecule has 0 amide bonds. The molecule has 0 aliphatic rings. The van der Waals surface area contributed by atoms with Crippen LogP contribution >= 0.6 is 12.4 Å². The molecule has 0 aliphatic carbocycles. The van der Waals surface area contributed by atoms with Gasteiger partial charge in [-0.25, -0.2) is 8.42 Å². The monoisotopic (exact) mass is 292 g/mol. The molecule has 0 heterocycles. The highest BCUT2D eigenvalue weighted by Gasteiger charge is 2.24. The highest BCUT2D eigenvalue weighted by atomic mass is 35.5. The molecule has 0 saturated carbocycles. The Hall–Kier alpha value is -0.620. The Morgan fingerprint density at radius 3 is 2.50 bits per heavy atom. The fourth-order valence-electron chi connectivity index (χ4n) is 1.48. The van der Waals surface area contributed by atoms with E-state index in [1.165, 1.54) is 4.31 Å². The molecule has 1 atom stereocenters. The van der Waals surface area contributed by atoms with Gasteiger partial charge >= 0.3 is 0 Å². The number of hydrogen-bond donors (Lipinski definition) is 1. The maximum atomic E-state index is 12.3. The summed E-state index contributed by atoms with van der Waals surface area (Å²) in [4.78, 5) is 0.333. The van der Waals surface area contributed by atoms with Gasteiger partial charge in [0, 0.05) is 19.6 Å². The molecule has 0 saturated heterocycles. The second kappa shape index (κ2) is 7.09. The molecule has 0 radical (unpaired) electrons. The number of nitrogens with two attached hydrogens (primary N) is 1. The molecular weight excluding hydrogens is 272 g/mol. The summed E-state index contributed by atoms with van der Waals surface area (Å²) < 4.78 is 25.9. The molecule has 2 N–H and O–H groups in total. The fraction of sp³-hybridized carbons (Fsp3) is 0.500. The van der Waals surface area contributed by atoms with Gasteiger partial charge in [0.1, 0.15) is 0 Å². The van der Waals surface area contributed by atoms with Crippen LogP contribution in [0.5, 0.6) is 0 Å². The molecule has 0 fully saturated rings. The van der Waals surface area contributed by atoms with Crippen molar-refractivity contribution >= 4 is 22.4 Å². The lowest BCUT2D eigenvalue weighted by atomic mass is 10.2. The van der Waals surface area contributed by atoms with E-state index < -0.39 is 10.0 Å². The molecule has 0 aromatic heterocycles. The van der Waals surface area contributed by atoms with Gasteiger partial charge in [0.2, 0.25) is 10.0 Å². The Kier molecular flexibility index (Phi) is 6.84. The maximum Gasteiger partial charge on any atom is 0.243 e. The Labute approximate surface area is 116 Å². The number of likely N-dealkylation sites (N-methyl/N-ethyl adjacent to an activating group) is 1. The third-order valence-electron chi connectivity index (χ3n) is 2.95. The van der Waals surface area contributed by atoms with Crippen molar-refractivity contribution in [3.05, 3.63) is 29.8 Å². The van der Waals surface area contributed by atoms with E-state index in [0.29, 0.717) is 11.4 Å². The minimum absolute atomic E-state index is 0. The van der Waals surface area contributed by atoms with Crippen molar-refractivity contribution in [1.82, 2.24) is 4.31 Å². The maximum absolute atomic E-state index is 12.3. The molecular formula is C12H21ClN2O2S. The third-order valence-corrected chi connectivity index (χ3v) is 4.91. The number of sulfonamides is 1. The lowest BCUT2D eigenvalue weighted by molar-refractivity contribution is 0.394. The van der Waals surface area contributed by atoms with Gasteiger partial charge in [-0.1, -0.05) is 19.1 Å². The van der Waals surface area contributed by atoms with Gasteiger partial charge in [-0.05, 0) is 31.0 Å². The third kappa shape index (κ3) is 3.68. The summed E-state index contributed by atoms with van der Waals surface area (Å²) in [6, 6.07) is 6.83. The first-order valence-corrected chi connectivity index (χ1v) is 7.14. The molecule has 0 aliphatic heterocycles. The topological polar surface area (TPSA) is 63.4 Å². The van der Waals surface area contributed by atoms with Crippen LogP contribution in [-0.2, 0) is 16.4 Å². The van der Waals surface area contributed by atoms with Crippen LogP contribution in [0.25, 0.3) is 0 Å². The summed E-state index contributed by atoms with van der Waals surface area (Å²) in [5.74, 6) is 0. The average molecular weight is 293 g/mol. The number of rotatable bonds is 5. The van der Waals surface area contributed by atoms with Crippen molar-refractivity contribution in [2.45, 2.75) is 31.2 Å². The first kappa shape index (κ1) is 17.4. The standard InChI is InChI=1S/C12H20N2O2S.ClH/c1-4-11-6-5-7-12(8-11)17(15,16)14(3)10(2)9-13;/h5-8,10H,4,9,13H2,1-3H3;1H. The van der Waals surface area contributed by atoms with Crippen LogP contribution in [-0.4, -0.2) is 32.4 Å². The largest absolute Gasteiger partial charge is 0.329 e. The fourth-order valence-corrected chi connectivity index (χ4v) is 2.92. The zero-order valence-electron chi connectivity index (χ0n) is 11.0. The number of hydrogen-bond acceptors (Lipinski definition) is 3. The van der Waals surface area contributed by atoms with Gasteiger partial charge in [-0.2, -0.15) is 4.31 Å².